The Morgan fingerprint density at radius 1 is 1.44 bits per heavy atom. The highest BCUT2D eigenvalue weighted by molar-refractivity contribution is 9.09. The molecule has 0 fully saturated rings. The summed E-state index contributed by atoms with van der Waals surface area (Å²) in [4.78, 5) is 11.4. The van der Waals surface area contributed by atoms with Crippen molar-refractivity contribution >= 4 is 21.7 Å². The van der Waals surface area contributed by atoms with Crippen molar-refractivity contribution in [3.05, 3.63) is 29.3 Å². The lowest BCUT2D eigenvalue weighted by Crippen LogP contribution is -2.20. The fraction of sp³-hybridized carbons (Fsp3) is 0.300. The molecular formula is C10H8BrF3O2. The molecule has 0 aromatic heterocycles. The first-order valence-corrected chi connectivity index (χ1v) is 5.42. The topological polar surface area (TPSA) is 26.3 Å². The van der Waals surface area contributed by atoms with E-state index in [4.69, 9.17) is 0 Å². The number of aryl methyl sites for hydroxylation is 1. The largest absolute Gasteiger partial charge is 0.573 e. The van der Waals surface area contributed by atoms with E-state index in [2.05, 4.69) is 20.7 Å². The predicted octanol–water partition coefficient (Wildman–Crippen LogP) is 3.47. The zero-order valence-corrected chi connectivity index (χ0v) is 9.85. The molecule has 0 aliphatic carbocycles. The molecule has 1 aromatic rings. The number of benzene rings is 1. The highest BCUT2D eigenvalue weighted by atomic mass is 79.9. The van der Waals surface area contributed by atoms with Crippen LogP contribution in [0.2, 0.25) is 0 Å². The van der Waals surface area contributed by atoms with Gasteiger partial charge in [-0.2, -0.15) is 0 Å². The van der Waals surface area contributed by atoms with Crippen molar-refractivity contribution < 1.29 is 22.7 Å². The molecule has 0 saturated carbocycles. The molecule has 16 heavy (non-hydrogen) atoms. The quantitative estimate of drug-likeness (QED) is 0.631. The lowest BCUT2D eigenvalue weighted by atomic mass is 10.1. The summed E-state index contributed by atoms with van der Waals surface area (Å²) in [6, 6.07) is 4.26. The number of hydrogen-bond donors (Lipinski definition) is 0. The van der Waals surface area contributed by atoms with Crippen LogP contribution in [-0.2, 0) is 0 Å². The molecule has 88 valence electrons. The molecule has 2 nitrogen and oxygen atoms in total. The van der Waals surface area contributed by atoms with E-state index in [0.29, 0.717) is 0 Å². The zero-order valence-electron chi connectivity index (χ0n) is 8.27. The highest BCUT2D eigenvalue weighted by Crippen LogP contribution is 2.30. The van der Waals surface area contributed by atoms with Gasteiger partial charge in [0.05, 0.1) is 10.9 Å². The van der Waals surface area contributed by atoms with Crippen molar-refractivity contribution in [1.29, 1.82) is 0 Å². The van der Waals surface area contributed by atoms with Gasteiger partial charge in [-0.05, 0) is 18.6 Å². The number of carbonyl (C=O) groups excluding carboxylic acids is 1. The fourth-order valence-electron chi connectivity index (χ4n) is 1.20. The van der Waals surface area contributed by atoms with E-state index in [1.807, 2.05) is 0 Å². The summed E-state index contributed by atoms with van der Waals surface area (Å²) in [6.45, 7) is 1.45. The molecule has 0 amide bonds. The van der Waals surface area contributed by atoms with E-state index < -0.39 is 17.9 Å². The first-order valence-electron chi connectivity index (χ1n) is 4.29. The van der Waals surface area contributed by atoms with Crippen LogP contribution in [0.5, 0.6) is 5.75 Å². The standard InChI is InChI=1S/C10H8BrF3O2/c1-6-3-2-4-7(8(15)5-11)9(6)16-10(12,13)14/h2-4H,5H2,1H3. The third-order valence-electron chi connectivity index (χ3n) is 1.85. The van der Waals surface area contributed by atoms with E-state index in [1.165, 1.54) is 25.1 Å². The van der Waals surface area contributed by atoms with Gasteiger partial charge in [0.25, 0.3) is 0 Å². The van der Waals surface area contributed by atoms with Crippen LogP contribution in [0.3, 0.4) is 0 Å². The van der Waals surface area contributed by atoms with Crippen LogP contribution >= 0.6 is 15.9 Å². The predicted molar refractivity (Wildman–Crippen MR) is 56.0 cm³/mol. The molecule has 0 atom stereocenters. The second-order valence-electron chi connectivity index (χ2n) is 3.06. The Morgan fingerprint density at radius 2 is 2.06 bits per heavy atom. The number of ketones is 1. The number of hydrogen-bond acceptors (Lipinski definition) is 2. The Kier molecular flexibility index (Phi) is 3.96. The van der Waals surface area contributed by atoms with Gasteiger partial charge in [0.15, 0.2) is 5.78 Å². The molecule has 0 spiro atoms. The maximum atomic E-state index is 12.1. The van der Waals surface area contributed by atoms with Crippen molar-refractivity contribution in [3.8, 4) is 5.75 Å². The Hall–Kier alpha value is -1.04. The first-order chi connectivity index (χ1) is 7.35. The maximum Gasteiger partial charge on any atom is 0.573 e. The minimum Gasteiger partial charge on any atom is -0.405 e. The van der Waals surface area contributed by atoms with Gasteiger partial charge in [0, 0.05) is 0 Å². The lowest BCUT2D eigenvalue weighted by molar-refractivity contribution is -0.274. The molecule has 0 bridgehead atoms. The number of carbonyl (C=O) groups is 1. The second kappa shape index (κ2) is 4.86. The molecule has 0 saturated heterocycles. The summed E-state index contributed by atoms with van der Waals surface area (Å²) in [5.41, 5.74) is 0.193. The monoisotopic (exact) mass is 296 g/mol. The van der Waals surface area contributed by atoms with Crippen LogP contribution in [-0.4, -0.2) is 17.5 Å². The fourth-order valence-corrected chi connectivity index (χ4v) is 1.50. The maximum absolute atomic E-state index is 12.1. The molecule has 0 aliphatic heterocycles. The van der Waals surface area contributed by atoms with Gasteiger partial charge in [0.2, 0.25) is 0 Å². The highest BCUT2D eigenvalue weighted by Gasteiger charge is 2.33. The van der Waals surface area contributed by atoms with Crippen molar-refractivity contribution in [2.75, 3.05) is 5.33 Å². The Morgan fingerprint density at radius 3 is 2.56 bits per heavy atom. The number of rotatable bonds is 3. The number of para-hydroxylation sites is 1. The SMILES string of the molecule is Cc1cccc(C(=O)CBr)c1OC(F)(F)F. The normalized spacial score (nSPS) is 11.3. The van der Waals surface area contributed by atoms with Crippen molar-refractivity contribution in [2.24, 2.45) is 0 Å². The van der Waals surface area contributed by atoms with Crippen LogP contribution in [0.25, 0.3) is 0 Å². The van der Waals surface area contributed by atoms with Crippen LogP contribution in [0.1, 0.15) is 15.9 Å². The Bertz CT molecular complexity index is 402. The van der Waals surface area contributed by atoms with E-state index >= 15 is 0 Å². The number of halogens is 4. The summed E-state index contributed by atoms with van der Waals surface area (Å²) >= 11 is 2.90. The number of alkyl halides is 4. The average molecular weight is 297 g/mol. The second-order valence-corrected chi connectivity index (χ2v) is 3.62. The summed E-state index contributed by atoms with van der Waals surface area (Å²) in [7, 11) is 0. The van der Waals surface area contributed by atoms with Gasteiger partial charge in [-0.25, -0.2) is 0 Å². The number of ether oxygens (including phenoxy) is 1. The summed E-state index contributed by atoms with van der Waals surface area (Å²) in [5.74, 6) is -0.887. The Balaban J connectivity index is 3.19. The molecule has 0 radical (unpaired) electrons. The third-order valence-corrected chi connectivity index (χ3v) is 2.36. The zero-order chi connectivity index (χ0) is 12.3. The minimum atomic E-state index is -4.80. The van der Waals surface area contributed by atoms with Gasteiger partial charge in [0.1, 0.15) is 5.75 Å². The van der Waals surface area contributed by atoms with Crippen LogP contribution in [0.15, 0.2) is 18.2 Å². The van der Waals surface area contributed by atoms with Gasteiger partial charge in [-0.15, -0.1) is 13.2 Å². The molecule has 0 N–H and O–H groups in total. The summed E-state index contributed by atoms with van der Waals surface area (Å²) in [6.07, 6.45) is -4.80. The minimum absolute atomic E-state index is 0.0509. The summed E-state index contributed by atoms with van der Waals surface area (Å²) < 4.78 is 40.2. The van der Waals surface area contributed by atoms with Gasteiger partial charge >= 0.3 is 6.36 Å². The lowest BCUT2D eigenvalue weighted by Gasteiger charge is -2.14. The smallest absolute Gasteiger partial charge is 0.405 e. The molecular weight excluding hydrogens is 289 g/mol. The van der Waals surface area contributed by atoms with E-state index in [-0.39, 0.29) is 16.5 Å². The third kappa shape index (κ3) is 3.23. The van der Waals surface area contributed by atoms with Gasteiger partial charge in [-0.3, -0.25) is 4.79 Å². The van der Waals surface area contributed by atoms with Crippen LogP contribution in [0, 0.1) is 6.92 Å². The van der Waals surface area contributed by atoms with Crippen LogP contribution in [0.4, 0.5) is 13.2 Å². The molecule has 0 aliphatic rings. The van der Waals surface area contributed by atoms with Crippen molar-refractivity contribution in [1.82, 2.24) is 0 Å². The van der Waals surface area contributed by atoms with Crippen LogP contribution < -0.4 is 4.74 Å². The van der Waals surface area contributed by atoms with Crippen molar-refractivity contribution in [3.63, 3.8) is 0 Å². The van der Waals surface area contributed by atoms with Gasteiger partial charge < -0.3 is 4.74 Å². The van der Waals surface area contributed by atoms with E-state index in [1.54, 1.807) is 0 Å². The first kappa shape index (κ1) is 13.0. The van der Waals surface area contributed by atoms with Crippen molar-refractivity contribution in [2.45, 2.75) is 13.3 Å². The molecule has 0 heterocycles. The number of Topliss-reactive ketones (excluding diaryl/α,β-unsaturated/α-hetero) is 1. The average Bonchev–Trinajstić information content (AvgIpc) is 2.18. The molecule has 1 aromatic carbocycles. The molecule has 1 rings (SSSR count). The van der Waals surface area contributed by atoms with E-state index in [9.17, 15) is 18.0 Å². The van der Waals surface area contributed by atoms with E-state index in [0.717, 1.165) is 0 Å². The Labute approximate surface area is 98.5 Å². The summed E-state index contributed by atoms with van der Waals surface area (Å²) in [5, 5.41) is -0.0509. The molecule has 6 heteroatoms. The van der Waals surface area contributed by atoms with Gasteiger partial charge in [-0.1, -0.05) is 28.1 Å². The molecule has 0 unspecified atom stereocenters.